The van der Waals surface area contributed by atoms with Crippen LogP contribution >= 0.6 is 0 Å². The molecule has 2 aliphatic rings. The lowest BCUT2D eigenvalue weighted by atomic mass is 9.72. The highest BCUT2D eigenvalue weighted by atomic mass is 16.1. The number of aryl methyl sites for hydroxylation is 1. The van der Waals surface area contributed by atoms with E-state index in [1.807, 2.05) is 59.6 Å². The molecule has 2 atom stereocenters. The van der Waals surface area contributed by atoms with Crippen LogP contribution in [0.3, 0.4) is 0 Å². The van der Waals surface area contributed by atoms with Crippen LogP contribution in [0.2, 0.25) is 0 Å². The predicted octanol–water partition coefficient (Wildman–Crippen LogP) is 6.18. The summed E-state index contributed by atoms with van der Waals surface area (Å²) in [5.74, 6) is -0.0514. The van der Waals surface area contributed by atoms with Gasteiger partial charge in [-0.1, -0.05) is 103 Å². The number of hydrogen-bond acceptors (Lipinski definition) is 3. The van der Waals surface area contributed by atoms with Crippen molar-refractivity contribution >= 4 is 17.2 Å². The fourth-order valence-corrected chi connectivity index (χ4v) is 5.39. The summed E-state index contributed by atoms with van der Waals surface area (Å²) < 4.78 is 0. The lowest BCUT2D eigenvalue weighted by Gasteiger charge is -2.37. The molecule has 33 heavy (non-hydrogen) atoms. The van der Waals surface area contributed by atoms with Gasteiger partial charge in [0.25, 0.3) is 0 Å². The number of benzene rings is 4. The molecule has 3 heteroatoms. The molecule has 4 aromatic carbocycles. The number of hydrazone groups is 1. The van der Waals surface area contributed by atoms with Crippen molar-refractivity contribution in [2.75, 3.05) is 5.01 Å². The van der Waals surface area contributed by atoms with Crippen molar-refractivity contribution in [3.63, 3.8) is 0 Å². The Morgan fingerprint density at radius 2 is 1.42 bits per heavy atom. The number of fused-ring (bicyclic) bond motifs is 1. The minimum atomic E-state index is -0.842. The second kappa shape index (κ2) is 7.56. The van der Waals surface area contributed by atoms with Crippen LogP contribution in [0.5, 0.6) is 0 Å². The summed E-state index contributed by atoms with van der Waals surface area (Å²) >= 11 is 0. The van der Waals surface area contributed by atoms with Crippen molar-refractivity contribution in [1.29, 1.82) is 0 Å². The van der Waals surface area contributed by atoms with Gasteiger partial charge in [0.15, 0.2) is 5.78 Å². The molecule has 0 saturated carbocycles. The summed E-state index contributed by atoms with van der Waals surface area (Å²) in [4.78, 5) is 14.3. The topological polar surface area (TPSA) is 32.7 Å². The zero-order chi connectivity index (χ0) is 22.4. The van der Waals surface area contributed by atoms with Gasteiger partial charge >= 0.3 is 0 Å². The third-order valence-electron chi connectivity index (χ3n) is 6.93. The molecule has 6 rings (SSSR count). The molecule has 0 aromatic heterocycles. The van der Waals surface area contributed by atoms with Crippen LogP contribution < -0.4 is 5.01 Å². The first-order chi connectivity index (χ1) is 16.2. The highest BCUT2D eigenvalue weighted by Crippen LogP contribution is 2.51. The molecule has 0 bridgehead atoms. The third-order valence-corrected chi connectivity index (χ3v) is 6.93. The molecule has 160 valence electrons. The van der Waals surface area contributed by atoms with Gasteiger partial charge in [-0.25, -0.2) is 5.01 Å². The number of ketones is 1. The smallest absolute Gasteiger partial charge is 0.192 e. The fourth-order valence-electron chi connectivity index (χ4n) is 5.39. The fraction of sp³-hybridized carbons (Fsp3) is 0.133. The van der Waals surface area contributed by atoms with E-state index in [9.17, 15) is 4.79 Å². The first-order valence-corrected chi connectivity index (χ1v) is 11.4. The van der Waals surface area contributed by atoms with E-state index in [1.54, 1.807) is 0 Å². The molecule has 0 radical (unpaired) electrons. The molecular formula is C30H24N2O. The zero-order valence-electron chi connectivity index (χ0n) is 18.5. The Labute approximate surface area is 194 Å². The van der Waals surface area contributed by atoms with E-state index in [4.69, 9.17) is 5.10 Å². The van der Waals surface area contributed by atoms with E-state index in [0.29, 0.717) is 6.42 Å². The number of anilines is 1. The lowest BCUT2D eigenvalue weighted by Crippen LogP contribution is -2.53. The maximum Gasteiger partial charge on any atom is 0.192 e. The Morgan fingerprint density at radius 1 is 0.788 bits per heavy atom. The first-order valence-electron chi connectivity index (χ1n) is 11.4. The van der Waals surface area contributed by atoms with Crippen molar-refractivity contribution in [3.8, 4) is 0 Å². The predicted molar refractivity (Wildman–Crippen MR) is 133 cm³/mol. The van der Waals surface area contributed by atoms with Crippen molar-refractivity contribution in [1.82, 2.24) is 0 Å². The van der Waals surface area contributed by atoms with Crippen molar-refractivity contribution in [2.24, 2.45) is 5.10 Å². The van der Waals surface area contributed by atoms with Crippen LogP contribution in [0.15, 0.2) is 114 Å². The normalized spacial score (nSPS) is 21.4. The average molecular weight is 429 g/mol. The Balaban J connectivity index is 1.63. The van der Waals surface area contributed by atoms with Gasteiger partial charge in [0.1, 0.15) is 5.54 Å². The molecule has 4 aromatic rings. The minimum absolute atomic E-state index is 0.141. The van der Waals surface area contributed by atoms with Crippen LogP contribution in [0.4, 0.5) is 5.69 Å². The second-order valence-electron chi connectivity index (χ2n) is 8.93. The maximum absolute atomic E-state index is 14.3. The van der Waals surface area contributed by atoms with Crippen molar-refractivity contribution < 1.29 is 4.79 Å². The van der Waals surface area contributed by atoms with Crippen LogP contribution in [-0.2, 0) is 6.42 Å². The molecule has 0 fully saturated rings. The van der Waals surface area contributed by atoms with Gasteiger partial charge in [0, 0.05) is 12.0 Å². The summed E-state index contributed by atoms with van der Waals surface area (Å²) in [5, 5.41) is 7.22. The van der Waals surface area contributed by atoms with E-state index in [-0.39, 0.29) is 11.7 Å². The summed E-state index contributed by atoms with van der Waals surface area (Å²) in [6, 6.07) is 37.0. The lowest BCUT2D eigenvalue weighted by molar-refractivity contribution is 0.0899. The second-order valence-corrected chi connectivity index (χ2v) is 8.93. The minimum Gasteiger partial charge on any atom is -0.291 e. The number of carbonyl (C=O) groups excluding carboxylic acids is 1. The molecule has 0 unspecified atom stereocenters. The molecule has 1 aliphatic heterocycles. The number of Topliss-reactive ketones (excluding diaryl/α,β-unsaturated/α-hetero) is 1. The van der Waals surface area contributed by atoms with E-state index in [2.05, 4.69) is 61.5 Å². The Morgan fingerprint density at radius 3 is 2.12 bits per heavy atom. The Bertz CT molecular complexity index is 1360. The monoisotopic (exact) mass is 428 g/mol. The number of nitrogens with zero attached hydrogens (tertiary/aromatic N) is 2. The van der Waals surface area contributed by atoms with Gasteiger partial charge in [-0.05, 0) is 35.7 Å². The summed E-state index contributed by atoms with van der Waals surface area (Å²) in [6.07, 6.45) is 0.620. The zero-order valence-corrected chi connectivity index (χ0v) is 18.5. The van der Waals surface area contributed by atoms with Gasteiger partial charge < -0.3 is 0 Å². The van der Waals surface area contributed by atoms with Gasteiger partial charge in [-0.3, -0.25) is 4.79 Å². The molecule has 1 aliphatic carbocycles. The van der Waals surface area contributed by atoms with Crippen molar-refractivity contribution in [3.05, 3.63) is 137 Å². The van der Waals surface area contributed by atoms with E-state index >= 15 is 0 Å². The van der Waals surface area contributed by atoms with Gasteiger partial charge in [0.05, 0.1) is 17.3 Å². The standard InChI is InChI=1S/C30H24N2O/c1-21-16-18-25(19-17-21)32-30(20-24-14-8-9-15-26(24)29(30)33)27(22-10-4-2-5-11-22)28(31-32)23-12-6-3-7-13-23/h2-19,27H,20H2,1H3/t27-,30-/m0/s1. The highest BCUT2D eigenvalue weighted by molar-refractivity contribution is 6.19. The van der Waals surface area contributed by atoms with Gasteiger partial charge in [-0.15, -0.1) is 0 Å². The van der Waals surface area contributed by atoms with Crippen LogP contribution in [0.1, 0.15) is 38.5 Å². The number of hydrogen-bond donors (Lipinski definition) is 0. The molecule has 1 spiro atoms. The molecule has 0 N–H and O–H groups in total. The molecule has 0 saturated heterocycles. The molecule has 1 heterocycles. The van der Waals surface area contributed by atoms with Gasteiger partial charge in [-0.2, -0.15) is 5.10 Å². The molecule has 3 nitrogen and oxygen atoms in total. The number of rotatable bonds is 3. The van der Waals surface area contributed by atoms with Gasteiger partial charge in [0.2, 0.25) is 0 Å². The summed E-state index contributed by atoms with van der Waals surface area (Å²) in [7, 11) is 0. The van der Waals surface area contributed by atoms with E-state index < -0.39 is 5.54 Å². The average Bonchev–Trinajstić information content (AvgIpc) is 3.36. The Hall–Kier alpha value is -3.98. The number of carbonyl (C=O) groups is 1. The Kier molecular flexibility index (Phi) is 4.51. The summed E-state index contributed by atoms with van der Waals surface area (Å²) in [6.45, 7) is 2.07. The summed E-state index contributed by atoms with van der Waals surface area (Å²) in [5.41, 5.74) is 6.26. The van der Waals surface area contributed by atoms with E-state index in [0.717, 1.165) is 33.7 Å². The maximum atomic E-state index is 14.3. The van der Waals surface area contributed by atoms with Crippen LogP contribution in [0, 0.1) is 6.92 Å². The third kappa shape index (κ3) is 2.96. The SMILES string of the molecule is Cc1ccc(N2N=C(c3ccccc3)[C@H](c3ccccc3)[C@]23Cc2ccccc2C3=O)cc1. The van der Waals surface area contributed by atoms with Crippen molar-refractivity contribution in [2.45, 2.75) is 24.8 Å². The van der Waals surface area contributed by atoms with Crippen LogP contribution in [-0.4, -0.2) is 17.0 Å². The van der Waals surface area contributed by atoms with E-state index in [1.165, 1.54) is 5.56 Å². The molecular weight excluding hydrogens is 404 g/mol. The molecule has 0 amide bonds. The quantitative estimate of drug-likeness (QED) is 0.390. The highest BCUT2D eigenvalue weighted by Gasteiger charge is 2.60. The van der Waals surface area contributed by atoms with Crippen LogP contribution in [0.25, 0.3) is 0 Å². The largest absolute Gasteiger partial charge is 0.291 e. The first kappa shape index (κ1) is 19.7.